The van der Waals surface area contributed by atoms with Gasteiger partial charge in [-0.05, 0) is 56.8 Å². The number of carbonyl (C=O) groups excluding carboxylic acids is 1. The van der Waals surface area contributed by atoms with Crippen LogP contribution in [0.15, 0.2) is 47.1 Å². The summed E-state index contributed by atoms with van der Waals surface area (Å²) in [6.07, 6.45) is 5.58. The highest BCUT2D eigenvalue weighted by molar-refractivity contribution is 6.30. The number of nitrogens with one attached hydrogen (secondary N) is 1. The van der Waals surface area contributed by atoms with Crippen molar-refractivity contribution in [2.75, 3.05) is 20.6 Å². The molecule has 0 aliphatic heterocycles. The summed E-state index contributed by atoms with van der Waals surface area (Å²) in [5, 5.41) is 3.87. The molecular weight excluding hydrogens is 336 g/mol. The monoisotopic (exact) mass is 360 g/mol. The Kier molecular flexibility index (Phi) is 5.50. The average molecular weight is 361 g/mol. The fourth-order valence-corrected chi connectivity index (χ4v) is 3.90. The highest BCUT2D eigenvalue weighted by atomic mass is 35.5. The summed E-state index contributed by atoms with van der Waals surface area (Å²) >= 11 is 6.02. The summed E-state index contributed by atoms with van der Waals surface area (Å²) in [5.74, 6) is 0.961. The van der Waals surface area contributed by atoms with Crippen LogP contribution < -0.4 is 5.32 Å². The average Bonchev–Trinajstić information content (AvgIpc) is 3.28. The molecule has 3 rings (SSSR count). The normalized spacial score (nSPS) is 17.6. The summed E-state index contributed by atoms with van der Waals surface area (Å²) in [5.41, 5.74) is 0.622. The topological polar surface area (TPSA) is 45.5 Å². The number of rotatable bonds is 6. The third-order valence-corrected chi connectivity index (χ3v) is 5.49. The van der Waals surface area contributed by atoms with Crippen LogP contribution >= 0.6 is 11.6 Å². The molecule has 1 aromatic carbocycles. The predicted octanol–water partition coefficient (Wildman–Crippen LogP) is 4.16. The number of benzene rings is 1. The molecule has 4 nitrogen and oxygen atoms in total. The molecule has 1 fully saturated rings. The maximum Gasteiger partial charge on any atom is 0.230 e. The van der Waals surface area contributed by atoms with E-state index in [2.05, 4.69) is 10.2 Å². The Labute approximate surface area is 154 Å². The summed E-state index contributed by atoms with van der Waals surface area (Å²) in [6, 6.07) is 11.6. The van der Waals surface area contributed by atoms with E-state index in [1.165, 1.54) is 0 Å². The first-order valence-electron chi connectivity index (χ1n) is 8.77. The van der Waals surface area contributed by atoms with Crippen molar-refractivity contribution in [3.63, 3.8) is 0 Å². The molecule has 1 amide bonds. The van der Waals surface area contributed by atoms with E-state index in [1.807, 2.05) is 50.5 Å². The lowest BCUT2D eigenvalue weighted by Crippen LogP contribution is -2.45. The van der Waals surface area contributed by atoms with Crippen LogP contribution in [0.3, 0.4) is 0 Å². The Morgan fingerprint density at radius 2 is 1.92 bits per heavy atom. The number of likely N-dealkylation sites (N-methyl/N-ethyl adjacent to an activating group) is 1. The van der Waals surface area contributed by atoms with E-state index >= 15 is 0 Å². The van der Waals surface area contributed by atoms with Gasteiger partial charge >= 0.3 is 0 Å². The number of halogens is 1. The molecular formula is C20H25ClN2O2. The van der Waals surface area contributed by atoms with Gasteiger partial charge in [0.05, 0.1) is 17.7 Å². The first-order chi connectivity index (χ1) is 12.0. The van der Waals surface area contributed by atoms with Crippen molar-refractivity contribution in [3.05, 3.63) is 59.0 Å². The second-order valence-electron chi connectivity index (χ2n) is 7.00. The Bertz CT molecular complexity index is 689. The molecule has 134 valence electrons. The van der Waals surface area contributed by atoms with E-state index in [0.29, 0.717) is 11.6 Å². The molecule has 1 saturated carbocycles. The number of hydrogen-bond donors (Lipinski definition) is 1. The van der Waals surface area contributed by atoms with Crippen LogP contribution in [0.25, 0.3) is 0 Å². The van der Waals surface area contributed by atoms with Gasteiger partial charge in [-0.2, -0.15) is 0 Å². The number of nitrogens with zero attached hydrogens (tertiary/aromatic N) is 1. The smallest absolute Gasteiger partial charge is 0.230 e. The molecule has 2 aromatic rings. The zero-order valence-electron chi connectivity index (χ0n) is 14.8. The highest BCUT2D eigenvalue weighted by Gasteiger charge is 2.42. The zero-order valence-corrected chi connectivity index (χ0v) is 15.6. The lowest BCUT2D eigenvalue weighted by atomic mass is 9.78. The number of amides is 1. The van der Waals surface area contributed by atoms with Gasteiger partial charge in [0.25, 0.3) is 0 Å². The zero-order chi connectivity index (χ0) is 17.9. The van der Waals surface area contributed by atoms with Crippen LogP contribution in [-0.2, 0) is 10.2 Å². The van der Waals surface area contributed by atoms with Crippen molar-refractivity contribution in [2.24, 2.45) is 0 Å². The van der Waals surface area contributed by atoms with Crippen molar-refractivity contribution < 1.29 is 9.21 Å². The van der Waals surface area contributed by atoms with Crippen LogP contribution in [0.2, 0.25) is 5.02 Å². The molecule has 25 heavy (non-hydrogen) atoms. The third-order valence-electron chi connectivity index (χ3n) is 5.24. The van der Waals surface area contributed by atoms with Gasteiger partial charge in [-0.15, -0.1) is 0 Å². The molecule has 1 aromatic heterocycles. The van der Waals surface area contributed by atoms with Gasteiger partial charge in [-0.3, -0.25) is 9.69 Å². The molecule has 0 radical (unpaired) electrons. The molecule has 1 aliphatic carbocycles. The fourth-order valence-electron chi connectivity index (χ4n) is 3.77. The van der Waals surface area contributed by atoms with E-state index in [9.17, 15) is 4.79 Å². The van der Waals surface area contributed by atoms with Gasteiger partial charge in [0, 0.05) is 11.6 Å². The van der Waals surface area contributed by atoms with Gasteiger partial charge < -0.3 is 9.73 Å². The van der Waals surface area contributed by atoms with Crippen LogP contribution in [0.4, 0.5) is 0 Å². The van der Waals surface area contributed by atoms with E-state index in [4.69, 9.17) is 16.0 Å². The molecule has 1 unspecified atom stereocenters. The van der Waals surface area contributed by atoms with Crippen LogP contribution in [0, 0.1) is 0 Å². The van der Waals surface area contributed by atoms with Gasteiger partial charge in [0.2, 0.25) is 5.91 Å². The number of furan rings is 1. The van der Waals surface area contributed by atoms with Crippen molar-refractivity contribution in [1.29, 1.82) is 0 Å². The molecule has 0 spiro atoms. The Balaban J connectivity index is 1.76. The van der Waals surface area contributed by atoms with Gasteiger partial charge in [-0.1, -0.05) is 36.6 Å². The first-order valence-corrected chi connectivity index (χ1v) is 9.15. The Hall–Kier alpha value is -1.78. The first kappa shape index (κ1) is 18.0. The van der Waals surface area contributed by atoms with E-state index in [1.54, 1.807) is 6.26 Å². The molecule has 0 saturated heterocycles. The van der Waals surface area contributed by atoms with Crippen molar-refractivity contribution in [2.45, 2.75) is 37.1 Å². The Morgan fingerprint density at radius 1 is 1.24 bits per heavy atom. The maximum atomic E-state index is 13.2. The van der Waals surface area contributed by atoms with E-state index < -0.39 is 5.41 Å². The molecule has 1 N–H and O–H groups in total. The maximum absolute atomic E-state index is 13.2. The van der Waals surface area contributed by atoms with Crippen LogP contribution in [0.5, 0.6) is 0 Å². The standard InChI is InChI=1S/C20H25ClN2O2/c1-23(2)17(18-6-5-13-25-18)14-22-19(24)20(11-3-4-12-20)15-7-9-16(21)10-8-15/h5-10,13,17H,3-4,11-12,14H2,1-2H3,(H,22,24). The van der Waals surface area contributed by atoms with Crippen LogP contribution in [0.1, 0.15) is 43.0 Å². The SMILES string of the molecule is CN(C)C(CNC(=O)C1(c2ccc(Cl)cc2)CCCC1)c1ccco1. The quantitative estimate of drug-likeness (QED) is 0.841. The molecule has 0 bridgehead atoms. The minimum absolute atomic E-state index is 0.0163. The second kappa shape index (κ2) is 7.63. The lowest BCUT2D eigenvalue weighted by Gasteiger charge is -2.30. The van der Waals surface area contributed by atoms with E-state index in [-0.39, 0.29) is 11.9 Å². The van der Waals surface area contributed by atoms with Gasteiger partial charge in [0.1, 0.15) is 5.76 Å². The van der Waals surface area contributed by atoms with Crippen molar-refractivity contribution >= 4 is 17.5 Å². The Morgan fingerprint density at radius 3 is 2.48 bits per heavy atom. The second-order valence-corrected chi connectivity index (χ2v) is 7.44. The number of hydrogen-bond acceptors (Lipinski definition) is 3. The lowest BCUT2D eigenvalue weighted by molar-refractivity contribution is -0.126. The molecule has 5 heteroatoms. The summed E-state index contributed by atoms with van der Waals surface area (Å²) in [4.78, 5) is 15.2. The summed E-state index contributed by atoms with van der Waals surface area (Å²) < 4.78 is 5.53. The van der Waals surface area contributed by atoms with Crippen LogP contribution in [-0.4, -0.2) is 31.4 Å². The fraction of sp³-hybridized carbons (Fsp3) is 0.450. The molecule has 1 heterocycles. The van der Waals surface area contributed by atoms with Crippen molar-refractivity contribution in [3.8, 4) is 0 Å². The van der Waals surface area contributed by atoms with Crippen molar-refractivity contribution in [1.82, 2.24) is 10.2 Å². The predicted molar refractivity (Wildman–Crippen MR) is 99.7 cm³/mol. The summed E-state index contributed by atoms with van der Waals surface area (Å²) in [6.45, 7) is 0.523. The van der Waals surface area contributed by atoms with E-state index in [0.717, 1.165) is 37.0 Å². The summed E-state index contributed by atoms with van der Waals surface area (Å²) in [7, 11) is 3.98. The van der Waals surface area contributed by atoms with Gasteiger partial charge in [-0.25, -0.2) is 0 Å². The minimum Gasteiger partial charge on any atom is -0.468 e. The molecule has 1 aliphatic rings. The minimum atomic E-state index is -0.440. The molecule has 1 atom stereocenters. The highest BCUT2D eigenvalue weighted by Crippen LogP contribution is 2.41. The third kappa shape index (κ3) is 3.75. The number of carbonyl (C=O) groups is 1. The largest absolute Gasteiger partial charge is 0.468 e. The van der Waals surface area contributed by atoms with Gasteiger partial charge in [0.15, 0.2) is 0 Å².